The molecule has 0 fully saturated rings. The molecule has 1 amide bonds. The van der Waals surface area contributed by atoms with Crippen molar-refractivity contribution >= 4 is 22.8 Å². The Morgan fingerprint density at radius 1 is 1.39 bits per heavy atom. The summed E-state index contributed by atoms with van der Waals surface area (Å²) in [6.07, 6.45) is 1.55. The number of esters is 1. The van der Waals surface area contributed by atoms with Crippen LogP contribution in [0, 0.1) is 17.2 Å². The van der Waals surface area contributed by atoms with Gasteiger partial charge in [0.25, 0.3) is 5.91 Å². The third kappa shape index (κ3) is 3.51. The van der Waals surface area contributed by atoms with Gasteiger partial charge in [0.1, 0.15) is 5.54 Å². The molecular formula is C17H19N3O3. The second-order valence-corrected chi connectivity index (χ2v) is 5.84. The van der Waals surface area contributed by atoms with Crippen molar-refractivity contribution in [2.24, 2.45) is 5.92 Å². The number of rotatable bonds is 5. The van der Waals surface area contributed by atoms with E-state index in [1.165, 1.54) is 0 Å². The number of benzene rings is 1. The summed E-state index contributed by atoms with van der Waals surface area (Å²) >= 11 is 0. The number of nitriles is 1. The first kappa shape index (κ1) is 16.6. The van der Waals surface area contributed by atoms with Gasteiger partial charge in [-0.05, 0) is 18.9 Å². The summed E-state index contributed by atoms with van der Waals surface area (Å²) in [6, 6.07) is 9.39. The van der Waals surface area contributed by atoms with Gasteiger partial charge in [0.2, 0.25) is 0 Å². The standard InChI is InChI=1S/C17H19N3O3/c1-11(2)17(3,10-18)20-15(21)9-23-16(22)13-8-19-14-7-5-4-6-12(13)14/h4-8,11,19H,9H2,1-3H3,(H,20,21)/t17-/m1/s1. The molecule has 23 heavy (non-hydrogen) atoms. The van der Waals surface area contributed by atoms with Crippen LogP contribution < -0.4 is 5.32 Å². The van der Waals surface area contributed by atoms with E-state index in [1.807, 2.05) is 32.0 Å². The molecule has 0 radical (unpaired) electrons. The van der Waals surface area contributed by atoms with Crippen LogP contribution in [-0.4, -0.2) is 29.0 Å². The predicted molar refractivity (Wildman–Crippen MR) is 85.6 cm³/mol. The zero-order chi connectivity index (χ0) is 17.0. The normalized spacial score (nSPS) is 13.3. The minimum Gasteiger partial charge on any atom is -0.452 e. The largest absolute Gasteiger partial charge is 0.452 e. The molecule has 1 aromatic carbocycles. The van der Waals surface area contributed by atoms with E-state index in [9.17, 15) is 14.9 Å². The summed E-state index contributed by atoms with van der Waals surface area (Å²) in [5.41, 5.74) is 0.200. The predicted octanol–water partition coefficient (Wildman–Crippen LogP) is 2.38. The van der Waals surface area contributed by atoms with Crippen LogP contribution in [-0.2, 0) is 9.53 Å². The Balaban J connectivity index is 2.00. The van der Waals surface area contributed by atoms with Gasteiger partial charge in [0, 0.05) is 17.1 Å². The number of fused-ring (bicyclic) bond motifs is 1. The van der Waals surface area contributed by atoms with Gasteiger partial charge in [-0.25, -0.2) is 4.79 Å². The highest BCUT2D eigenvalue weighted by Gasteiger charge is 2.30. The number of aromatic amines is 1. The summed E-state index contributed by atoms with van der Waals surface area (Å²) in [6.45, 7) is 4.88. The molecule has 0 unspecified atom stereocenters. The third-order valence-electron chi connectivity index (χ3n) is 3.93. The van der Waals surface area contributed by atoms with E-state index in [0.29, 0.717) is 5.56 Å². The maximum absolute atomic E-state index is 12.1. The van der Waals surface area contributed by atoms with Gasteiger partial charge >= 0.3 is 5.97 Å². The van der Waals surface area contributed by atoms with Gasteiger partial charge < -0.3 is 15.0 Å². The Hall–Kier alpha value is -2.81. The van der Waals surface area contributed by atoms with Crippen molar-refractivity contribution in [3.05, 3.63) is 36.0 Å². The first-order valence-electron chi connectivity index (χ1n) is 7.33. The summed E-state index contributed by atoms with van der Waals surface area (Å²) in [5, 5.41) is 12.5. The quantitative estimate of drug-likeness (QED) is 0.828. The molecule has 6 heteroatoms. The second kappa shape index (κ2) is 6.53. The van der Waals surface area contributed by atoms with Crippen molar-refractivity contribution in [1.29, 1.82) is 5.26 Å². The molecule has 2 rings (SSSR count). The Morgan fingerprint density at radius 3 is 2.74 bits per heavy atom. The SMILES string of the molecule is CC(C)[C@@](C)(C#N)NC(=O)COC(=O)c1c[nH]c2ccccc12. The molecule has 2 aromatic rings. The fourth-order valence-corrected chi connectivity index (χ4v) is 2.08. The van der Waals surface area contributed by atoms with Gasteiger partial charge in [-0.2, -0.15) is 5.26 Å². The highest BCUT2D eigenvalue weighted by atomic mass is 16.5. The maximum Gasteiger partial charge on any atom is 0.340 e. The van der Waals surface area contributed by atoms with Crippen molar-refractivity contribution in [3.63, 3.8) is 0 Å². The maximum atomic E-state index is 12.1. The molecular weight excluding hydrogens is 294 g/mol. The number of carbonyl (C=O) groups excluding carboxylic acids is 2. The van der Waals surface area contributed by atoms with Crippen molar-refractivity contribution < 1.29 is 14.3 Å². The van der Waals surface area contributed by atoms with E-state index in [4.69, 9.17) is 4.74 Å². The van der Waals surface area contributed by atoms with Crippen LogP contribution in [0.1, 0.15) is 31.1 Å². The van der Waals surface area contributed by atoms with Gasteiger partial charge in [0.05, 0.1) is 11.6 Å². The zero-order valence-corrected chi connectivity index (χ0v) is 13.3. The number of hydrogen-bond donors (Lipinski definition) is 2. The van der Waals surface area contributed by atoms with E-state index in [0.717, 1.165) is 10.9 Å². The summed E-state index contributed by atoms with van der Waals surface area (Å²) < 4.78 is 5.05. The number of aromatic nitrogens is 1. The monoisotopic (exact) mass is 313 g/mol. The average molecular weight is 313 g/mol. The first-order chi connectivity index (χ1) is 10.9. The van der Waals surface area contributed by atoms with Crippen LogP contribution in [0.2, 0.25) is 0 Å². The third-order valence-corrected chi connectivity index (χ3v) is 3.93. The molecule has 6 nitrogen and oxygen atoms in total. The Kier molecular flexibility index (Phi) is 4.70. The lowest BCUT2D eigenvalue weighted by Gasteiger charge is -2.27. The lowest BCUT2D eigenvalue weighted by Crippen LogP contribution is -2.50. The first-order valence-corrected chi connectivity index (χ1v) is 7.33. The fourth-order valence-electron chi connectivity index (χ4n) is 2.08. The van der Waals surface area contributed by atoms with E-state index in [1.54, 1.807) is 19.2 Å². The van der Waals surface area contributed by atoms with Crippen molar-refractivity contribution in [3.8, 4) is 6.07 Å². The van der Waals surface area contributed by atoms with Crippen LogP contribution in [0.3, 0.4) is 0 Å². The highest BCUT2D eigenvalue weighted by Crippen LogP contribution is 2.18. The van der Waals surface area contributed by atoms with Crippen molar-refractivity contribution in [2.75, 3.05) is 6.61 Å². The van der Waals surface area contributed by atoms with Crippen molar-refractivity contribution in [2.45, 2.75) is 26.3 Å². The highest BCUT2D eigenvalue weighted by molar-refractivity contribution is 6.04. The van der Waals surface area contributed by atoms with Crippen LogP contribution in [0.5, 0.6) is 0 Å². The molecule has 1 atom stereocenters. The molecule has 2 N–H and O–H groups in total. The van der Waals surface area contributed by atoms with Crippen LogP contribution in [0.25, 0.3) is 10.9 Å². The molecule has 1 aromatic heterocycles. The molecule has 0 saturated heterocycles. The lowest BCUT2D eigenvalue weighted by molar-refractivity contribution is -0.125. The Labute approximate surface area is 134 Å². The van der Waals surface area contributed by atoms with Crippen molar-refractivity contribution in [1.82, 2.24) is 10.3 Å². The van der Waals surface area contributed by atoms with Gasteiger partial charge in [-0.3, -0.25) is 4.79 Å². The van der Waals surface area contributed by atoms with Crippen LogP contribution in [0.15, 0.2) is 30.5 Å². The number of amides is 1. The van der Waals surface area contributed by atoms with Crippen LogP contribution >= 0.6 is 0 Å². The topological polar surface area (TPSA) is 95.0 Å². The number of nitrogens with zero attached hydrogens (tertiary/aromatic N) is 1. The molecule has 0 spiro atoms. The number of ether oxygens (including phenoxy) is 1. The summed E-state index contributed by atoms with van der Waals surface area (Å²) in [5.74, 6) is -1.16. The Bertz CT molecular complexity index is 773. The molecule has 0 bridgehead atoms. The summed E-state index contributed by atoms with van der Waals surface area (Å²) in [4.78, 5) is 27.0. The fraction of sp³-hybridized carbons (Fsp3) is 0.353. The van der Waals surface area contributed by atoms with Crippen LogP contribution in [0.4, 0.5) is 0 Å². The number of hydrogen-bond acceptors (Lipinski definition) is 4. The molecule has 1 heterocycles. The smallest absolute Gasteiger partial charge is 0.340 e. The van der Waals surface area contributed by atoms with E-state index in [-0.39, 0.29) is 5.92 Å². The molecule has 0 aliphatic rings. The number of para-hydroxylation sites is 1. The Morgan fingerprint density at radius 2 is 2.09 bits per heavy atom. The minimum atomic E-state index is -0.996. The number of nitrogens with one attached hydrogen (secondary N) is 2. The van der Waals surface area contributed by atoms with E-state index in [2.05, 4.69) is 16.4 Å². The molecule has 0 saturated carbocycles. The lowest BCUT2D eigenvalue weighted by atomic mass is 9.90. The summed E-state index contributed by atoms with van der Waals surface area (Å²) in [7, 11) is 0. The molecule has 0 aliphatic carbocycles. The van der Waals surface area contributed by atoms with Gasteiger partial charge in [-0.15, -0.1) is 0 Å². The zero-order valence-electron chi connectivity index (χ0n) is 13.3. The molecule has 120 valence electrons. The number of H-pyrrole nitrogens is 1. The second-order valence-electron chi connectivity index (χ2n) is 5.84. The van der Waals surface area contributed by atoms with Gasteiger partial charge in [-0.1, -0.05) is 32.0 Å². The van der Waals surface area contributed by atoms with Gasteiger partial charge in [0.15, 0.2) is 6.61 Å². The average Bonchev–Trinajstić information content (AvgIpc) is 2.96. The van der Waals surface area contributed by atoms with E-state index < -0.39 is 24.0 Å². The van der Waals surface area contributed by atoms with E-state index >= 15 is 0 Å². The minimum absolute atomic E-state index is 0.0687. The molecule has 0 aliphatic heterocycles. The number of carbonyl (C=O) groups is 2.